The largest absolute Gasteiger partial charge is 0.354 e. The Morgan fingerprint density at radius 1 is 1.16 bits per heavy atom. The van der Waals surface area contributed by atoms with E-state index in [0.29, 0.717) is 16.8 Å². The highest BCUT2D eigenvalue weighted by atomic mass is 19.1. The second kappa shape index (κ2) is 4.35. The Labute approximate surface area is 109 Å². The minimum absolute atomic E-state index is 0.339. The van der Waals surface area contributed by atoms with E-state index < -0.39 is 0 Å². The van der Waals surface area contributed by atoms with Gasteiger partial charge in [0, 0.05) is 22.0 Å². The standard InChI is InChI=1S/C16H12FNO/c1-10-6-7-15-12(8-10)13(9-19)16(18-15)11-4-2-3-5-14(11)17/h2-9,18H,1H3. The molecule has 0 atom stereocenters. The molecule has 0 unspecified atom stereocenters. The lowest BCUT2D eigenvalue weighted by Crippen LogP contribution is -1.88. The van der Waals surface area contributed by atoms with Crippen LogP contribution in [0.2, 0.25) is 0 Å². The topological polar surface area (TPSA) is 32.9 Å². The first-order chi connectivity index (χ1) is 9.20. The predicted octanol–water partition coefficient (Wildman–Crippen LogP) is 4.09. The van der Waals surface area contributed by atoms with E-state index in [2.05, 4.69) is 4.98 Å². The normalized spacial score (nSPS) is 10.8. The molecule has 0 aliphatic carbocycles. The number of aldehydes is 1. The molecule has 0 amide bonds. The average molecular weight is 253 g/mol. The maximum Gasteiger partial charge on any atom is 0.152 e. The maximum atomic E-state index is 13.9. The van der Waals surface area contributed by atoms with Crippen molar-refractivity contribution in [1.29, 1.82) is 0 Å². The Morgan fingerprint density at radius 2 is 1.95 bits per heavy atom. The van der Waals surface area contributed by atoms with E-state index in [4.69, 9.17) is 0 Å². The van der Waals surface area contributed by atoms with Crippen molar-refractivity contribution in [3.63, 3.8) is 0 Å². The van der Waals surface area contributed by atoms with Crippen LogP contribution in [0.15, 0.2) is 42.5 Å². The third-order valence-electron chi connectivity index (χ3n) is 3.26. The molecule has 0 aliphatic rings. The minimum Gasteiger partial charge on any atom is -0.354 e. The zero-order valence-electron chi connectivity index (χ0n) is 10.4. The molecule has 3 aromatic rings. The molecule has 1 N–H and O–H groups in total. The Morgan fingerprint density at radius 3 is 2.68 bits per heavy atom. The Hall–Kier alpha value is -2.42. The first kappa shape index (κ1) is 11.7. The Balaban J connectivity index is 2.36. The number of carbonyl (C=O) groups excluding carboxylic acids is 1. The van der Waals surface area contributed by atoms with Gasteiger partial charge in [-0.3, -0.25) is 4.79 Å². The predicted molar refractivity (Wildman–Crippen MR) is 73.8 cm³/mol. The van der Waals surface area contributed by atoms with E-state index in [1.54, 1.807) is 18.2 Å². The minimum atomic E-state index is -0.339. The van der Waals surface area contributed by atoms with Crippen LogP contribution in [-0.2, 0) is 0 Å². The van der Waals surface area contributed by atoms with Crippen LogP contribution in [0.5, 0.6) is 0 Å². The summed E-state index contributed by atoms with van der Waals surface area (Å²) in [6.07, 6.45) is 0.778. The molecule has 3 heteroatoms. The number of hydrogen-bond acceptors (Lipinski definition) is 1. The van der Waals surface area contributed by atoms with Crippen LogP contribution in [0, 0.1) is 12.7 Å². The number of fused-ring (bicyclic) bond motifs is 1. The summed E-state index contributed by atoms with van der Waals surface area (Å²) in [6.45, 7) is 1.96. The van der Waals surface area contributed by atoms with Gasteiger partial charge in [-0.15, -0.1) is 0 Å². The average Bonchev–Trinajstić information content (AvgIpc) is 2.76. The number of carbonyl (C=O) groups is 1. The third-order valence-corrected chi connectivity index (χ3v) is 3.26. The van der Waals surface area contributed by atoms with E-state index in [9.17, 15) is 9.18 Å². The number of H-pyrrole nitrogens is 1. The van der Waals surface area contributed by atoms with E-state index in [1.807, 2.05) is 25.1 Å². The van der Waals surface area contributed by atoms with E-state index in [-0.39, 0.29) is 5.82 Å². The van der Waals surface area contributed by atoms with Crippen molar-refractivity contribution in [3.05, 3.63) is 59.4 Å². The quantitative estimate of drug-likeness (QED) is 0.685. The summed E-state index contributed by atoms with van der Waals surface area (Å²) in [4.78, 5) is 14.5. The number of aromatic amines is 1. The van der Waals surface area contributed by atoms with E-state index in [1.165, 1.54) is 6.07 Å². The molecule has 0 saturated carbocycles. The first-order valence-electron chi connectivity index (χ1n) is 6.03. The molecule has 0 fully saturated rings. The van der Waals surface area contributed by atoms with Crippen molar-refractivity contribution in [2.24, 2.45) is 0 Å². The number of halogens is 1. The van der Waals surface area contributed by atoms with Crippen molar-refractivity contribution < 1.29 is 9.18 Å². The highest BCUT2D eigenvalue weighted by molar-refractivity contribution is 6.04. The number of benzene rings is 2. The molecule has 0 bridgehead atoms. The van der Waals surface area contributed by atoms with Crippen LogP contribution < -0.4 is 0 Å². The lowest BCUT2D eigenvalue weighted by molar-refractivity contribution is 0.112. The van der Waals surface area contributed by atoms with Gasteiger partial charge in [0.25, 0.3) is 0 Å². The molecular formula is C16H12FNO. The van der Waals surface area contributed by atoms with Gasteiger partial charge in [-0.1, -0.05) is 23.8 Å². The summed E-state index contributed by atoms with van der Waals surface area (Å²) in [7, 11) is 0. The van der Waals surface area contributed by atoms with Crippen LogP contribution in [0.3, 0.4) is 0 Å². The third kappa shape index (κ3) is 1.83. The Kier molecular flexibility index (Phi) is 2.67. The summed E-state index contributed by atoms with van der Waals surface area (Å²) >= 11 is 0. The molecule has 1 heterocycles. The highest BCUT2D eigenvalue weighted by Gasteiger charge is 2.15. The van der Waals surface area contributed by atoms with Crippen molar-refractivity contribution in [2.45, 2.75) is 6.92 Å². The van der Waals surface area contributed by atoms with Crippen LogP contribution >= 0.6 is 0 Å². The molecule has 0 aliphatic heterocycles. The smallest absolute Gasteiger partial charge is 0.152 e. The summed E-state index contributed by atoms with van der Waals surface area (Å²) < 4.78 is 13.9. The fraction of sp³-hybridized carbons (Fsp3) is 0.0625. The lowest BCUT2D eigenvalue weighted by Gasteiger charge is -2.01. The van der Waals surface area contributed by atoms with Crippen molar-refractivity contribution in [3.8, 4) is 11.3 Å². The molecule has 1 aromatic heterocycles. The summed E-state index contributed by atoms with van der Waals surface area (Å²) in [5, 5.41) is 0.827. The lowest BCUT2D eigenvalue weighted by atomic mass is 10.0. The molecule has 0 saturated heterocycles. The molecular weight excluding hydrogens is 241 g/mol. The fourth-order valence-electron chi connectivity index (χ4n) is 2.33. The summed E-state index contributed by atoms with van der Waals surface area (Å²) in [5.74, 6) is -0.339. The number of aromatic nitrogens is 1. The second-order valence-electron chi connectivity index (χ2n) is 4.56. The molecule has 2 aromatic carbocycles. The zero-order valence-corrected chi connectivity index (χ0v) is 10.4. The fourth-order valence-corrected chi connectivity index (χ4v) is 2.33. The monoisotopic (exact) mass is 253 g/mol. The van der Waals surface area contributed by atoms with Crippen LogP contribution in [0.4, 0.5) is 4.39 Å². The van der Waals surface area contributed by atoms with Crippen molar-refractivity contribution in [2.75, 3.05) is 0 Å². The SMILES string of the molecule is Cc1ccc2[nH]c(-c3ccccc3F)c(C=O)c2c1. The van der Waals surface area contributed by atoms with Gasteiger partial charge in [0.05, 0.1) is 5.69 Å². The Bertz CT molecular complexity index is 774. The zero-order chi connectivity index (χ0) is 13.4. The van der Waals surface area contributed by atoms with E-state index >= 15 is 0 Å². The van der Waals surface area contributed by atoms with E-state index in [0.717, 1.165) is 22.8 Å². The van der Waals surface area contributed by atoms with Crippen molar-refractivity contribution in [1.82, 2.24) is 4.98 Å². The molecule has 0 radical (unpaired) electrons. The maximum absolute atomic E-state index is 13.9. The summed E-state index contributed by atoms with van der Waals surface area (Å²) in [5.41, 5.74) is 3.36. The van der Waals surface area contributed by atoms with Crippen LogP contribution in [0.1, 0.15) is 15.9 Å². The van der Waals surface area contributed by atoms with Crippen LogP contribution in [0.25, 0.3) is 22.2 Å². The van der Waals surface area contributed by atoms with Crippen LogP contribution in [-0.4, -0.2) is 11.3 Å². The molecule has 3 rings (SSSR count). The van der Waals surface area contributed by atoms with Crippen molar-refractivity contribution >= 4 is 17.2 Å². The molecule has 2 nitrogen and oxygen atoms in total. The molecule has 94 valence electrons. The number of rotatable bonds is 2. The van der Waals surface area contributed by atoms with Gasteiger partial charge in [-0.05, 0) is 31.2 Å². The highest BCUT2D eigenvalue weighted by Crippen LogP contribution is 2.31. The summed E-state index contributed by atoms with van der Waals surface area (Å²) in [6, 6.07) is 12.2. The molecule has 0 spiro atoms. The van der Waals surface area contributed by atoms with Gasteiger partial charge in [-0.25, -0.2) is 4.39 Å². The number of hydrogen-bond donors (Lipinski definition) is 1. The van der Waals surface area contributed by atoms with Gasteiger partial charge < -0.3 is 4.98 Å². The van der Waals surface area contributed by atoms with Gasteiger partial charge in [0.15, 0.2) is 6.29 Å². The number of nitrogens with one attached hydrogen (secondary N) is 1. The van der Waals surface area contributed by atoms with Gasteiger partial charge >= 0.3 is 0 Å². The second-order valence-corrected chi connectivity index (χ2v) is 4.56. The molecule has 19 heavy (non-hydrogen) atoms. The van der Waals surface area contributed by atoms with Gasteiger partial charge in [0.1, 0.15) is 5.82 Å². The first-order valence-corrected chi connectivity index (χ1v) is 6.03. The van der Waals surface area contributed by atoms with Gasteiger partial charge in [0.2, 0.25) is 0 Å². The van der Waals surface area contributed by atoms with Gasteiger partial charge in [-0.2, -0.15) is 0 Å². The number of aryl methyl sites for hydroxylation is 1.